The van der Waals surface area contributed by atoms with Crippen molar-refractivity contribution >= 4 is 29.1 Å². The fraction of sp³-hybridized carbons (Fsp3) is 0.292. The molecule has 1 aliphatic rings. The van der Waals surface area contributed by atoms with E-state index >= 15 is 0 Å². The molecule has 2 aromatic heterocycles. The lowest BCUT2D eigenvalue weighted by Gasteiger charge is -2.26. The highest BCUT2D eigenvalue weighted by Crippen LogP contribution is 2.31. The van der Waals surface area contributed by atoms with E-state index in [1.165, 1.54) is 18.4 Å². The molecule has 0 bridgehead atoms. The average Bonchev–Trinajstić information content (AvgIpc) is 3.42. The Bertz CT molecular complexity index is 1330. The van der Waals surface area contributed by atoms with Crippen molar-refractivity contribution in [3.05, 3.63) is 84.9 Å². The van der Waals surface area contributed by atoms with E-state index in [0.29, 0.717) is 20.6 Å². The molecule has 0 saturated carbocycles. The molecule has 166 valence electrons. The van der Waals surface area contributed by atoms with Gasteiger partial charge in [0.05, 0.1) is 41.5 Å². The lowest BCUT2D eigenvalue weighted by Crippen LogP contribution is -2.39. The zero-order valence-electron chi connectivity index (χ0n) is 18.5. The van der Waals surface area contributed by atoms with Crippen LogP contribution in [0.2, 0.25) is 0 Å². The van der Waals surface area contributed by atoms with Crippen molar-refractivity contribution in [1.29, 1.82) is 0 Å². The second kappa shape index (κ2) is 9.00. The van der Waals surface area contributed by atoms with Gasteiger partial charge in [0.25, 0.3) is 5.56 Å². The Morgan fingerprint density at radius 1 is 1.25 bits per heavy atom. The number of allylic oxidation sites excluding steroid dienone is 1. The van der Waals surface area contributed by atoms with Crippen LogP contribution >= 0.6 is 11.3 Å². The van der Waals surface area contributed by atoms with E-state index in [1.807, 2.05) is 24.3 Å². The number of ether oxygens (including phenoxy) is 1. The number of anilines is 1. The first-order valence-electron chi connectivity index (χ1n) is 10.5. The van der Waals surface area contributed by atoms with Gasteiger partial charge in [-0.2, -0.15) is 0 Å². The van der Waals surface area contributed by atoms with Crippen LogP contribution in [0.25, 0.3) is 6.08 Å². The number of thiazole rings is 1. The molecule has 0 aliphatic carbocycles. The van der Waals surface area contributed by atoms with Crippen LogP contribution in [0.15, 0.2) is 68.3 Å². The molecule has 32 heavy (non-hydrogen) atoms. The molecule has 1 atom stereocenters. The fourth-order valence-electron chi connectivity index (χ4n) is 3.97. The molecule has 0 N–H and O–H groups in total. The summed E-state index contributed by atoms with van der Waals surface area (Å²) in [5.41, 5.74) is 3.41. The summed E-state index contributed by atoms with van der Waals surface area (Å²) < 4.78 is 12.3. The first-order chi connectivity index (χ1) is 15.5. The minimum Gasteiger partial charge on any atom is -0.472 e. The standard InChI is InChI=1S/C24H25N3O4S/c1-5-26(6-2)18-9-7-17(8-10-18)21-20(23(29)30-4)15(3)25-24-27(21)22(28)19(32-24)13-16-11-12-31-14-16/h7-14,21H,5-6H2,1-4H3/b19-13+/t21-/m0/s1. The Morgan fingerprint density at radius 3 is 2.56 bits per heavy atom. The van der Waals surface area contributed by atoms with Gasteiger partial charge in [0.2, 0.25) is 0 Å². The largest absolute Gasteiger partial charge is 0.472 e. The maximum absolute atomic E-state index is 13.4. The Hall–Kier alpha value is -3.39. The summed E-state index contributed by atoms with van der Waals surface area (Å²) >= 11 is 1.29. The van der Waals surface area contributed by atoms with Crippen LogP contribution in [0.4, 0.5) is 5.69 Å². The predicted octanol–water partition coefficient (Wildman–Crippen LogP) is 2.85. The molecule has 1 aromatic carbocycles. The smallest absolute Gasteiger partial charge is 0.338 e. The summed E-state index contributed by atoms with van der Waals surface area (Å²) in [5, 5.41) is 0. The molecule has 3 aromatic rings. The predicted molar refractivity (Wildman–Crippen MR) is 124 cm³/mol. The molecule has 0 fully saturated rings. The van der Waals surface area contributed by atoms with Crippen molar-refractivity contribution in [3.63, 3.8) is 0 Å². The van der Waals surface area contributed by atoms with Crippen molar-refractivity contribution in [2.45, 2.75) is 26.8 Å². The topological polar surface area (TPSA) is 77.0 Å². The third-order valence-electron chi connectivity index (χ3n) is 5.61. The number of carbonyl (C=O) groups excluding carboxylic acids is 1. The highest BCUT2D eigenvalue weighted by atomic mass is 32.1. The maximum atomic E-state index is 13.4. The van der Waals surface area contributed by atoms with Gasteiger partial charge < -0.3 is 14.1 Å². The van der Waals surface area contributed by atoms with E-state index in [4.69, 9.17) is 9.15 Å². The van der Waals surface area contributed by atoms with E-state index in [9.17, 15) is 9.59 Å². The normalized spacial score (nSPS) is 16.0. The average molecular weight is 452 g/mol. The minimum absolute atomic E-state index is 0.207. The Morgan fingerprint density at radius 2 is 1.97 bits per heavy atom. The van der Waals surface area contributed by atoms with Gasteiger partial charge in [-0.25, -0.2) is 9.79 Å². The molecular formula is C24H25N3O4S. The van der Waals surface area contributed by atoms with Gasteiger partial charge in [0, 0.05) is 24.3 Å². The molecule has 0 spiro atoms. The second-order valence-electron chi connectivity index (χ2n) is 7.39. The highest BCUT2D eigenvalue weighted by molar-refractivity contribution is 7.07. The van der Waals surface area contributed by atoms with Crippen LogP contribution in [-0.4, -0.2) is 30.7 Å². The van der Waals surface area contributed by atoms with Crippen LogP contribution in [0, 0.1) is 0 Å². The molecule has 0 unspecified atom stereocenters. The Labute approximate surface area is 189 Å². The van der Waals surface area contributed by atoms with E-state index in [0.717, 1.165) is 29.9 Å². The molecular weight excluding hydrogens is 426 g/mol. The van der Waals surface area contributed by atoms with Crippen molar-refractivity contribution in [1.82, 2.24) is 4.57 Å². The number of hydrogen-bond donors (Lipinski definition) is 0. The number of furan rings is 1. The summed E-state index contributed by atoms with van der Waals surface area (Å²) in [6.07, 6.45) is 4.90. The molecule has 0 radical (unpaired) electrons. The molecule has 1 aliphatic heterocycles. The maximum Gasteiger partial charge on any atom is 0.338 e. The van der Waals surface area contributed by atoms with E-state index < -0.39 is 12.0 Å². The summed E-state index contributed by atoms with van der Waals surface area (Å²) in [4.78, 5) is 33.5. The molecule has 3 heterocycles. The van der Waals surface area contributed by atoms with Crippen LogP contribution in [0.5, 0.6) is 0 Å². The van der Waals surface area contributed by atoms with Crippen molar-refractivity contribution < 1.29 is 13.9 Å². The number of methoxy groups -OCH3 is 1. The Kier molecular flexibility index (Phi) is 6.14. The molecule has 8 heteroatoms. The number of nitrogens with zero attached hydrogens (tertiary/aromatic N) is 3. The van der Waals surface area contributed by atoms with E-state index in [-0.39, 0.29) is 5.56 Å². The quantitative estimate of drug-likeness (QED) is 0.539. The molecule has 4 rings (SSSR count). The first-order valence-corrected chi connectivity index (χ1v) is 11.3. The van der Waals surface area contributed by atoms with Crippen molar-refractivity contribution in [2.24, 2.45) is 4.99 Å². The zero-order chi connectivity index (χ0) is 22.8. The van der Waals surface area contributed by atoms with Crippen LogP contribution < -0.4 is 19.8 Å². The number of rotatable bonds is 6. The first kappa shape index (κ1) is 21.8. The summed E-state index contributed by atoms with van der Waals surface area (Å²) in [5.74, 6) is -0.492. The zero-order valence-corrected chi connectivity index (χ0v) is 19.3. The number of fused-ring (bicyclic) bond motifs is 1. The van der Waals surface area contributed by atoms with Gasteiger partial charge in [0.1, 0.15) is 0 Å². The SMILES string of the molecule is CCN(CC)c1ccc([C@H]2C(C(=O)OC)=C(C)N=c3s/c(=C/c4ccoc4)c(=O)n32)cc1. The van der Waals surface area contributed by atoms with Crippen LogP contribution in [-0.2, 0) is 9.53 Å². The Balaban J connectivity index is 1.91. The molecule has 7 nitrogen and oxygen atoms in total. The summed E-state index contributed by atoms with van der Waals surface area (Å²) in [6, 6.07) is 9.14. The lowest BCUT2D eigenvalue weighted by molar-refractivity contribution is -0.136. The number of benzene rings is 1. The van der Waals surface area contributed by atoms with Gasteiger partial charge in [-0.1, -0.05) is 23.5 Å². The van der Waals surface area contributed by atoms with E-state index in [2.05, 4.69) is 23.7 Å². The second-order valence-corrected chi connectivity index (χ2v) is 8.40. The highest BCUT2D eigenvalue weighted by Gasteiger charge is 2.33. The minimum atomic E-state index is -0.615. The van der Waals surface area contributed by atoms with Gasteiger partial charge in [0.15, 0.2) is 4.80 Å². The lowest BCUT2D eigenvalue weighted by atomic mass is 9.95. The summed E-state index contributed by atoms with van der Waals surface area (Å²) in [7, 11) is 1.34. The summed E-state index contributed by atoms with van der Waals surface area (Å²) in [6.45, 7) is 7.78. The van der Waals surface area contributed by atoms with Crippen LogP contribution in [0.1, 0.15) is 37.9 Å². The van der Waals surface area contributed by atoms with Gasteiger partial charge >= 0.3 is 5.97 Å². The molecule has 0 amide bonds. The van der Waals surface area contributed by atoms with Crippen molar-refractivity contribution in [2.75, 3.05) is 25.1 Å². The van der Waals surface area contributed by atoms with E-state index in [1.54, 1.807) is 36.2 Å². The third kappa shape index (κ3) is 3.82. The number of aromatic nitrogens is 1. The fourth-order valence-corrected chi connectivity index (χ4v) is 5.02. The third-order valence-corrected chi connectivity index (χ3v) is 6.59. The van der Waals surface area contributed by atoms with Gasteiger partial charge in [-0.05, 0) is 50.6 Å². The van der Waals surface area contributed by atoms with Gasteiger partial charge in [-0.15, -0.1) is 0 Å². The number of hydrogen-bond acceptors (Lipinski definition) is 7. The van der Waals surface area contributed by atoms with Crippen molar-refractivity contribution in [3.8, 4) is 0 Å². The van der Waals surface area contributed by atoms with Gasteiger partial charge in [-0.3, -0.25) is 9.36 Å². The number of esters is 1. The number of carbonyl (C=O) groups is 1. The monoisotopic (exact) mass is 451 g/mol. The molecule has 0 saturated heterocycles. The van der Waals surface area contributed by atoms with Crippen LogP contribution in [0.3, 0.4) is 0 Å².